The number of hydrogen-bond donors (Lipinski definition) is 1. The van der Waals surface area contributed by atoms with Crippen molar-refractivity contribution in [3.63, 3.8) is 0 Å². The van der Waals surface area contributed by atoms with Crippen LogP contribution in [0.25, 0.3) is 0 Å². The molecule has 1 aromatic rings. The van der Waals surface area contributed by atoms with Gasteiger partial charge in [0.1, 0.15) is 0 Å². The average Bonchev–Trinajstić information content (AvgIpc) is 3.20. The van der Waals surface area contributed by atoms with Gasteiger partial charge in [0.2, 0.25) is 5.91 Å². The van der Waals surface area contributed by atoms with Crippen LogP contribution >= 0.6 is 15.9 Å². The lowest BCUT2D eigenvalue weighted by molar-refractivity contribution is -0.130. The summed E-state index contributed by atoms with van der Waals surface area (Å²) in [5.41, 5.74) is 1.56. The van der Waals surface area contributed by atoms with Gasteiger partial charge in [-0.3, -0.25) is 4.79 Å². The molecule has 0 bridgehead atoms. The van der Waals surface area contributed by atoms with Gasteiger partial charge in [-0.25, -0.2) is 0 Å². The fourth-order valence-electron chi connectivity index (χ4n) is 2.64. The molecule has 3 nitrogen and oxygen atoms in total. The van der Waals surface area contributed by atoms with Gasteiger partial charge >= 0.3 is 0 Å². The van der Waals surface area contributed by atoms with Gasteiger partial charge in [0.15, 0.2) is 0 Å². The van der Waals surface area contributed by atoms with Crippen molar-refractivity contribution in [3.8, 4) is 0 Å². The molecule has 0 heterocycles. The molecule has 0 saturated heterocycles. The zero-order valence-corrected chi connectivity index (χ0v) is 13.9. The summed E-state index contributed by atoms with van der Waals surface area (Å²) in [6.45, 7) is 1.74. The van der Waals surface area contributed by atoms with E-state index in [0.29, 0.717) is 6.42 Å². The van der Waals surface area contributed by atoms with E-state index in [-0.39, 0.29) is 11.3 Å². The molecule has 0 spiro atoms. The molecule has 0 radical (unpaired) electrons. The summed E-state index contributed by atoms with van der Waals surface area (Å²) in [5, 5.41) is 3.08. The first-order valence-corrected chi connectivity index (χ1v) is 8.01. The molecule has 0 unspecified atom stereocenters. The van der Waals surface area contributed by atoms with Crippen LogP contribution in [0, 0.1) is 0 Å². The summed E-state index contributed by atoms with van der Waals surface area (Å²) in [4.78, 5) is 14.0. The van der Waals surface area contributed by atoms with Crippen LogP contribution in [0.4, 0.5) is 0 Å². The van der Waals surface area contributed by atoms with Crippen molar-refractivity contribution in [3.05, 3.63) is 34.3 Å². The van der Waals surface area contributed by atoms with Crippen molar-refractivity contribution in [2.45, 2.75) is 31.1 Å². The predicted molar refractivity (Wildman–Crippen MR) is 85.9 cm³/mol. The fourth-order valence-corrected chi connectivity index (χ4v) is 2.91. The van der Waals surface area contributed by atoms with Gasteiger partial charge in [-0.15, -0.1) is 0 Å². The van der Waals surface area contributed by atoms with Gasteiger partial charge in [-0.1, -0.05) is 28.1 Å². The van der Waals surface area contributed by atoms with E-state index in [1.54, 1.807) is 0 Å². The van der Waals surface area contributed by atoms with Crippen molar-refractivity contribution in [1.29, 1.82) is 0 Å². The Morgan fingerprint density at radius 1 is 1.35 bits per heavy atom. The van der Waals surface area contributed by atoms with Gasteiger partial charge in [0.25, 0.3) is 0 Å². The maximum absolute atomic E-state index is 12.1. The number of amides is 1. The van der Waals surface area contributed by atoms with Crippen molar-refractivity contribution in [1.82, 2.24) is 10.2 Å². The summed E-state index contributed by atoms with van der Waals surface area (Å²) in [6.07, 6.45) is 3.91. The highest BCUT2D eigenvalue weighted by molar-refractivity contribution is 9.10. The Morgan fingerprint density at radius 3 is 2.55 bits per heavy atom. The lowest BCUT2D eigenvalue weighted by atomic mass is 9.95. The molecule has 4 heteroatoms. The normalized spacial score (nSPS) is 15.9. The summed E-state index contributed by atoms with van der Waals surface area (Å²) in [7, 11) is 3.85. The van der Waals surface area contributed by atoms with E-state index in [1.807, 2.05) is 19.0 Å². The summed E-state index contributed by atoms with van der Waals surface area (Å²) >= 11 is 3.47. The highest BCUT2D eigenvalue weighted by Gasteiger charge is 2.45. The lowest BCUT2D eigenvalue weighted by Gasteiger charge is -2.24. The Morgan fingerprint density at radius 2 is 2.00 bits per heavy atom. The van der Waals surface area contributed by atoms with E-state index in [4.69, 9.17) is 0 Å². The Hall–Kier alpha value is -0.870. The van der Waals surface area contributed by atoms with E-state index in [9.17, 15) is 4.79 Å². The maximum Gasteiger partial charge on any atom is 0.222 e. The molecule has 1 saturated carbocycles. The third kappa shape index (κ3) is 3.83. The number of hydrogen-bond acceptors (Lipinski definition) is 2. The summed E-state index contributed by atoms with van der Waals surface area (Å²) in [6, 6.07) is 8.53. The van der Waals surface area contributed by atoms with Crippen LogP contribution < -0.4 is 5.32 Å². The molecular weight excluding hydrogens is 316 g/mol. The van der Waals surface area contributed by atoms with Crippen molar-refractivity contribution in [2.24, 2.45) is 0 Å². The monoisotopic (exact) mass is 338 g/mol. The van der Waals surface area contributed by atoms with E-state index in [1.165, 1.54) is 18.4 Å². The first kappa shape index (κ1) is 15.5. The molecule has 0 atom stereocenters. The molecule has 1 N–H and O–H groups in total. The first-order chi connectivity index (χ1) is 9.57. The highest BCUT2D eigenvalue weighted by Crippen LogP contribution is 2.48. The maximum atomic E-state index is 12.1. The molecule has 2 rings (SSSR count). The zero-order valence-electron chi connectivity index (χ0n) is 12.3. The van der Waals surface area contributed by atoms with Crippen LogP contribution in [0.15, 0.2) is 28.7 Å². The molecule has 1 aliphatic rings. The standard InChI is InChI=1S/C16H23BrN2O/c1-18-11-3-4-15(20)19(2)12-16(9-10-16)13-5-7-14(17)8-6-13/h5-8,18H,3-4,9-12H2,1-2H3. The molecule has 1 aliphatic carbocycles. The van der Waals surface area contributed by atoms with Crippen LogP contribution in [0.2, 0.25) is 0 Å². The Balaban J connectivity index is 1.91. The van der Waals surface area contributed by atoms with Gasteiger partial charge in [-0.2, -0.15) is 0 Å². The second-order valence-electron chi connectivity index (χ2n) is 5.74. The minimum atomic E-state index is 0.202. The SMILES string of the molecule is CNCCCC(=O)N(C)CC1(c2ccc(Br)cc2)CC1. The number of likely N-dealkylation sites (N-methyl/N-ethyl adjacent to an activating group) is 1. The van der Waals surface area contributed by atoms with Gasteiger partial charge < -0.3 is 10.2 Å². The third-order valence-electron chi connectivity index (χ3n) is 4.09. The van der Waals surface area contributed by atoms with Crippen LogP contribution in [0.3, 0.4) is 0 Å². The number of benzene rings is 1. The van der Waals surface area contributed by atoms with E-state index < -0.39 is 0 Å². The number of nitrogens with one attached hydrogen (secondary N) is 1. The third-order valence-corrected chi connectivity index (χ3v) is 4.62. The summed E-state index contributed by atoms with van der Waals surface area (Å²) in [5.74, 6) is 0.253. The second-order valence-corrected chi connectivity index (χ2v) is 6.66. The largest absolute Gasteiger partial charge is 0.345 e. The topological polar surface area (TPSA) is 32.3 Å². The Bertz CT molecular complexity index is 454. The zero-order chi connectivity index (χ0) is 14.6. The van der Waals surface area contributed by atoms with Crippen molar-refractivity contribution in [2.75, 3.05) is 27.2 Å². The Labute approximate surface area is 129 Å². The first-order valence-electron chi connectivity index (χ1n) is 7.22. The summed E-state index contributed by atoms with van der Waals surface area (Å²) < 4.78 is 1.11. The van der Waals surface area contributed by atoms with Crippen LogP contribution in [-0.4, -0.2) is 38.0 Å². The molecule has 0 aromatic heterocycles. The van der Waals surface area contributed by atoms with E-state index in [0.717, 1.165) is 24.0 Å². The van der Waals surface area contributed by atoms with Gasteiger partial charge in [-0.05, 0) is 50.6 Å². The number of rotatable bonds is 7. The molecule has 110 valence electrons. The van der Waals surface area contributed by atoms with E-state index >= 15 is 0 Å². The van der Waals surface area contributed by atoms with Crippen molar-refractivity contribution < 1.29 is 4.79 Å². The minimum absolute atomic E-state index is 0.202. The lowest BCUT2D eigenvalue weighted by Crippen LogP contribution is -2.34. The number of carbonyl (C=O) groups excluding carboxylic acids is 1. The number of halogens is 1. The molecular formula is C16H23BrN2O. The van der Waals surface area contributed by atoms with Gasteiger partial charge in [0, 0.05) is 29.9 Å². The molecule has 1 aromatic carbocycles. The predicted octanol–water partition coefficient (Wildman–Crippen LogP) is 2.94. The van der Waals surface area contributed by atoms with E-state index in [2.05, 4.69) is 45.5 Å². The molecule has 1 amide bonds. The highest BCUT2D eigenvalue weighted by atomic mass is 79.9. The van der Waals surface area contributed by atoms with Gasteiger partial charge in [0.05, 0.1) is 0 Å². The van der Waals surface area contributed by atoms with Crippen LogP contribution in [0.5, 0.6) is 0 Å². The smallest absolute Gasteiger partial charge is 0.222 e. The van der Waals surface area contributed by atoms with Crippen LogP contribution in [0.1, 0.15) is 31.2 Å². The molecule has 0 aliphatic heterocycles. The second kappa shape index (κ2) is 6.72. The van der Waals surface area contributed by atoms with Crippen LogP contribution in [-0.2, 0) is 10.2 Å². The number of nitrogens with zero attached hydrogens (tertiary/aromatic N) is 1. The molecule has 1 fully saturated rings. The van der Waals surface area contributed by atoms with Crippen molar-refractivity contribution >= 4 is 21.8 Å². The Kier molecular flexibility index (Phi) is 5.22. The molecule has 20 heavy (non-hydrogen) atoms. The minimum Gasteiger partial charge on any atom is -0.345 e. The number of carbonyl (C=O) groups is 1. The quantitative estimate of drug-likeness (QED) is 0.775. The average molecular weight is 339 g/mol. The fraction of sp³-hybridized carbons (Fsp3) is 0.562.